The first-order valence-corrected chi connectivity index (χ1v) is 4.95. The van der Waals surface area contributed by atoms with E-state index in [9.17, 15) is 13.6 Å². The molecule has 1 atom stereocenters. The van der Waals surface area contributed by atoms with Gasteiger partial charge >= 0.3 is 0 Å². The molecule has 0 saturated carbocycles. The van der Waals surface area contributed by atoms with Gasteiger partial charge in [-0.1, -0.05) is 19.8 Å². The Balaban J connectivity index is 3.82. The molecule has 0 aliphatic rings. The molecule has 1 amide bonds. The van der Waals surface area contributed by atoms with Crippen LogP contribution in [0.5, 0.6) is 0 Å². The van der Waals surface area contributed by atoms with Crippen molar-refractivity contribution in [3.05, 3.63) is 0 Å². The highest BCUT2D eigenvalue weighted by molar-refractivity contribution is 5.81. The summed E-state index contributed by atoms with van der Waals surface area (Å²) in [7, 11) is 0. The molecule has 15 heavy (non-hydrogen) atoms. The fraction of sp³-hybridized carbons (Fsp3) is 0.889. The minimum Gasteiger partial charge on any atom is -0.390 e. The van der Waals surface area contributed by atoms with Gasteiger partial charge in [-0.15, -0.1) is 0 Å². The SMILES string of the molecule is CCCC[C@H](N)C(=O)NCC(F)(F)CO. The second-order valence-electron chi connectivity index (χ2n) is 3.48. The van der Waals surface area contributed by atoms with Crippen LogP contribution in [0.2, 0.25) is 0 Å². The van der Waals surface area contributed by atoms with Crippen LogP contribution >= 0.6 is 0 Å². The van der Waals surface area contributed by atoms with E-state index in [1.54, 1.807) is 0 Å². The monoisotopic (exact) mass is 224 g/mol. The van der Waals surface area contributed by atoms with Gasteiger partial charge in [-0.05, 0) is 6.42 Å². The Morgan fingerprint density at radius 1 is 1.60 bits per heavy atom. The number of nitrogens with two attached hydrogens (primary N) is 1. The summed E-state index contributed by atoms with van der Waals surface area (Å²) in [6.07, 6.45) is 2.16. The predicted octanol–water partition coefficient (Wildman–Crippen LogP) is 0.248. The average molecular weight is 224 g/mol. The van der Waals surface area contributed by atoms with Gasteiger partial charge in [-0.3, -0.25) is 4.79 Å². The van der Waals surface area contributed by atoms with Gasteiger partial charge in [0.05, 0.1) is 12.6 Å². The average Bonchev–Trinajstić information content (AvgIpc) is 2.22. The number of aliphatic hydroxyl groups excluding tert-OH is 1. The van der Waals surface area contributed by atoms with Crippen LogP contribution in [0.3, 0.4) is 0 Å². The summed E-state index contributed by atoms with van der Waals surface area (Å²) in [6.45, 7) is -0.204. The first-order valence-electron chi connectivity index (χ1n) is 4.95. The number of aliphatic hydroxyl groups is 1. The molecular formula is C9H18F2N2O2. The first-order chi connectivity index (χ1) is 6.93. The molecule has 0 aliphatic heterocycles. The highest BCUT2D eigenvalue weighted by Gasteiger charge is 2.28. The normalized spacial score (nSPS) is 13.7. The summed E-state index contributed by atoms with van der Waals surface area (Å²) in [5.41, 5.74) is 5.45. The van der Waals surface area contributed by atoms with E-state index in [-0.39, 0.29) is 0 Å². The van der Waals surface area contributed by atoms with E-state index in [0.29, 0.717) is 6.42 Å². The number of halogens is 2. The molecule has 0 rings (SSSR count). The highest BCUT2D eigenvalue weighted by atomic mass is 19.3. The number of amides is 1. The lowest BCUT2D eigenvalue weighted by atomic mass is 10.1. The van der Waals surface area contributed by atoms with Crippen molar-refractivity contribution in [2.75, 3.05) is 13.2 Å². The minimum absolute atomic E-state index is 0.479. The Bertz CT molecular complexity index is 201. The van der Waals surface area contributed by atoms with Crippen molar-refractivity contribution in [3.8, 4) is 0 Å². The summed E-state index contributed by atoms with van der Waals surface area (Å²) < 4.78 is 25.0. The van der Waals surface area contributed by atoms with Crippen LogP contribution in [0.1, 0.15) is 26.2 Å². The van der Waals surface area contributed by atoms with Crippen LogP contribution in [0.4, 0.5) is 8.78 Å². The fourth-order valence-electron chi connectivity index (χ4n) is 0.959. The molecule has 0 unspecified atom stereocenters. The van der Waals surface area contributed by atoms with Gasteiger partial charge in [-0.2, -0.15) is 0 Å². The van der Waals surface area contributed by atoms with E-state index in [4.69, 9.17) is 10.8 Å². The zero-order chi connectivity index (χ0) is 11.9. The van der Waals surface area contributed by atoms with Gasteiger partial charge in [0.1, 0.15) is 6.61 Å². The van der Waals surface area contributed by atoms with Crippen LogP contribution in [0.25, 0.3) is 0 Å². The Kier molecular flexibility index (Phi) is 6.35. The van der Waals surface area contributed by atoms with Gasteiger partial charge in [0.15, 0.2) is 0 Å². The smallest absolute Gasteiger partial charge is 0.287 e. The molecule has 0 aromatic heterocycles. The third-order valence-corrected chi connectivity index (χ3v) is 1.96. The van der Waals surface area contributed by atoms with Gasteiger partial charge in [0.25, 0.3) is 5.92 Å². The maximum atomic E-state index is 12.5. The lowest BCUT2D eigenvalue weighted by molar-refractivity contribution is -0.125. The minimum atomic E-state index is -3.28. The van der Waals surface area contributed by atoms with E-state index >= 15 is 0 Å². The molecule has 0 radical (unpaired) electrons. The maximum absolute atomic E-state index is 12.5. The molecule has 6 heteroatoms. The molecule has 0 fully saturated rings. The van der Waals surface area contributed by atoms with Crippen molar-refractivity contribution in [3.63, 3.8) is 0 Å². The maximum Gasteiger partial charge on any atom is 0.287 e. The quantitative estimate of drug-likeness (QED) is 0.580. The summed E-state index contributed by atoms with van der Waals surface area (Å²) in [4.78, 5) is 11.2. The fourth-order valence-corrected chi connectivity index (χ4v) is 0.959. The number of hydrogen-bond acceptors (Lipinski definition) is 3. The van der Waals surface area contributed by atoms with E-state index < -0.39 is 31.0 Å². The Labute approximate surface area is 87.8 Å². The first kappa shape index (κ1) is 14.2. The Morgan fingerprint density at radius 3 is 2.67 bits per heavy atom. The molecule has 4 nitrogen and oxygen atoms in total. The zero-order valence-corrected chi connectivity index (χ0v) is 8.80. The summed E-state index contributed by atoms with van der Waals surface area (Å²) in [5, 5.41) is 10.3. The Hall–Kier alpha value is -0.750. The molecule has 0 spiro atoms. The molecular weight excluding hydrogens is 206 g/mol. The molecule has 0 bridgehead atoms. The van der Waals surface area contributed by atoms with E-state index in [2.05, 4.69) is 0 Å². The van der Waals surface area contributed by atoms with Crippen molar-refractivity contribution in [1.82, 2.24) is 5.32 Å². The van der Waals surface area contributed by atoms with Crippen LogP contribution in [0.15, 0.2) is 0 Å². The predicted molar refractivity (Wildman–Crippen MR) is 52.5 cm³/mol. The largest absolute Gasteiger partial charge is 0.390 e. The number of unbranched alkanes of at least 4 members (excludes halogenated alkanes) is 1. The number of rotatable bonds is 7. The van der Waals surface area contributed by atoms with Crippen molar-refractivity contribution in [2.24, 2.45) is 5.73 Å². The number of hydrogen-bond donors (Lipinski definition) is 3. The standard InChI is InChI=1S/C9H18F2N2O2/c1-2-3-4-7(12)8(15)13-5-9(10,11)6-14/h7,14H,2-6,12H2,1H3,(H,13,15)/t7-/m0/s1. The van der Waals surface area contributed by atoms with Crippen molar-refractivity contribution in [2.45, 2.75) is 38.2 Å². The van der Waals surface area contributed by atoms with Gasteiger partial charge in [0.2, 0.25) is 5.91 Å². The third-order valence-electron chi connectivity index (χ3n) is 1.96. The van der Waals surface area contributed by atoms with Crippen molar-refractivity contribution >= 4 is 5.91 Å². The van der Waals surface area contributed by atoms with E-state index in [1.165, 1.54) is 0 Å². The topological polar surface area (TPSA) is 75.4 Å². The third kappa shape index (κ3) is 6.35. The number of carbonyl (C=O) groups is 1. The molecule has 4 N–H and O–H groups in total. The molecule has 0 heterocycles. The van der Waals surface area contributed by atoms with E-state index in [0.717, 1.165) is 12.8 Å². The zero-order valence-electron chi connectivity index (χ0n) is 8.80. The van der Waals surface area contributed by atoms with Crippen molar-refractivity contribution in [1.29, 1.82) is 0 Å². The summed E-state index contributed by atoms with van der Waals surface area (Å²) in [6, 6.07) is -0.751. The second-order valence-corrected chi connectivity index (χ2v) is 3.48. The number of carbonyl (C=O) groups excluding carboxylic acids is 1. The summed E-state index contributed by atoms with van der Waals surface area (Å²) in [5.74, 6) is -3.88. The number of alkyl halides is 2. The van der Waals surface area contributed by atoms with Gasteiger partial charge in [-0.25, -0.2) is 8.78 Å². The molecule has 0 aliphatic carbocycles. The lowest BCUT2D eigenvalue weighted by Crippen LogP contribution is -2.46. The van der Waals surface area contributed by atoms with Crippen LogP contribution in [0, 0.1) is 0 Å². The molecule has 0 aromatic rings. The Morgan fingerprint density at radius 2 is 2.20 bits per heavy atom. The highest BCUT2D eigenvalue weighted by Crippen LogP contribution is 2.09. The van der Waals surface area contributed by atoms with Gasteiger partial charge in [0, 0.05) is 0 Å². The number of nitrogens with one attached hydrogen (secondary N) is 1. The van der Waals surface area contributed by atoms with Gasteiger partial charge < -0.3 is 16.2 Å². The van der Waals surface area contributed by atoms with Crippen LogP contribution in [-0.4, -0.2) is 36.1 Å². The van der Waals surface area contributed by atoms with Crippen molar-refractivity contribution < 1.29 is 18.7 Å². The molecule has 90 valence electrons. The van der Waals surface area contributed by atoms with Crippen LogP contribution in [-0.2, 0) is 4.79 Å². The van der Waals surface area contributed by atoms with E-state index in [1.807, 2.05) is 12.2 Å². The second kappa shape index (κ2) is 6.68. The molecule has 0 saturated heterocycles. The lowest BCUT2D eigenvalue weighted by Gasteiger charge is -2.16. The summed E-state index contributed by atoms with van der Waals surface area (Å²) >= 11 is 0. The molecule has 0 aromatic carbocycles. The van der Waals surface area contributed by atoms with Crippen LogP contribution < -0.4 is 11.1 Å².